The maximum Gasteiger partial charge on any atom is 0.328 e. The Hall–Kier alpha value is -3.18. The van der Waals surface area contributed by atoms with Crippen molar-refractivity contribution in [1.29, 1.82) is 5.26 Å². The summed E-state index contributed by atoms with van der Waals surface area (Å²) in [4.78, 5) is 23.8. The lowest BCUT2D eigenvalue weighted by molar-refractivity contribution is 0.613. The van der Waals surface area contributed by atoms with E-state index in [2.05, 4.69) is 44.8 Å². The van der Waals surface area contributed by atoms with Crippen LogP contribution in [0.15, 0.2) is 47.4 Å². The Kier molecular flexibility index (Phi) is 5.29. The lowest BCUT2D eigenvalue weighted by Crippen LogP contribution is -2.19. The van der Waals surface area contributed by atoms with Crippen molar-refractivity contribution >= 4 is 17.1 Å². The second-order valence-electron chi connectivity index (χ2n) is 6.15. The molecular formula is C18H21N7O. The van der Waals surface area contributed by atoms with E-state index in [1.807, 2.05) is 0 Å². The SMILES string of the molecule is C=C/C(C#N)=C(\C=C)Cn1c(=O)[nH]c2cnc(NC[C@@H]3CCNC3)nc21. The number of H-pyrrole nitrogens is 1. The lowest BCUT2D eigenvalue weighted by atomic mass is 10.1. The maximum absolute atomic E-state index is 12.3. The summed E-state index contributed by atoms with van der Waals surface area (Å²) < 4.78 is 1.47. The van der Waals surface area contributed by atoms with E-state index >= 15 is 0 Å². The van der Waals surface area contributed by atoms with Gasteiger partial charge in [-0.2, -0.15) is 10.2 Å². The predicted molar refractivity (Wildman–Crippen MR) is 101 cm³/mol. The van der Waals surface area contributed by atoms with Gasteiger partial charge < -0.3 is 15.6 Å². The third-order valence-corrected chi connectivity index (χ3v) is 4.47. The van der Waals surface area contributed by atoms with Crippen molar-refractivity contribution in [3.05, 3.63) is 53.1 Å². The number of rotatable bonds is 7. The van der Waals surface area contributed by atoms with Crippen LogP contribution in [0.25, 0.3) is 11.2 Å². The van der Waals surface area contributed by atoms with Crippen molar-refractivity contribution in [3.8, 4) is 6.07 Å². The van der Waals surface area contributed by atoms with E-state index in [0.29, 0.717) is 34.2 Å². The van der Waals surface area contributed by atoms with Crippen molar-refractivity contribution < 1.29 is 0 Å². The molecule has 0 amide bonds. The van der Waals surface area contributed by atoms with Gasteiger partial charge in [-0.25, -0.2) is 9.78 Å². The van der Waals surface area contributed by atoms with Gasteiger partial charge in [0.1, 0.15) is 5.52 Å². The Balaban J connectivity index is 1.91. The lowest BCUT2D eigenvalue weighted by Gasteiger charge is -2.10. The highest BCUT2D eigenvalue weighted by atomic mass is 16.1. The number of hydrogen-bond acceptors (Lipinski definition) is 6. The molecule has 1 aliphatic rings. The molecule has 0 spiro atoms. The molecule has 0 radical (unpaired) electrons. The minimum atomic E-state index is -0.313. The number of fused-ring (bicyclic) bond motifs is 1. The molecule has 8 heteroatoms. The van der Waals surface area contributed by atoms with E-state index < -0.39 is 0 Å². The molecule has 2 aromatic rings. The van der Waals surface area contributed by atoms with Crippen LogP contribution >= 0.6 is 0 Å². The number of nitrogens with zero attached hydrogens (tertiary/aromatic N) is 4. The zero-order valence-electron chi connectivity index (χ0n) is 14.5. The van der Waals surface area contributed by atoms with Crippen LogP contribution in [0.1, 0.15) is 6.42 Å². The fourth-order valence-electron chi connectivity index (χ4n) is 2.98. The monoisotopic (exact) mass is 351 g/mol. The van der Waals surface area contributed by atoms with Crippen molar-refractivity contribution in [2.24, 2.45) is 5.92 Å². The molecule has 1 atom stereocenters. The first-order chi connectivity index (χ1) is 12.7. The number of nitrogens with one attached hydrogen (secondary N) is 3. The quantitative estimate of drug-likeness (QED) is 0.513. The van der Waals surface area contributed by atoms with Crippen LogP contribution in [-0.4, -0.2) is 39.2 Å². The summed E-state index contributed by atoms with van der Waals surface area (Å²) in [5.41, 5.74) is 1.70. The predicted octanol–water partition coefficient (Wildman–Crippen LogP) is 1.33. The molecular weight excluding hydrogens is 330 g/mol. The van der Waals surface area contributed by atoms with Gasteiger partial charge in [0.2, 0.25) is 5.95 Å². The Bertz CT molecular complexity index is 954. The molecule has 1 aliphatic heterocycles. The number of anilines is 1. The molecule has 1 saturated heterocycles. The Labute approximate surface area is 151 Å². The minimum Gasteiger partial charge on any atom is -0.354 e. The second-order valence-corrected chi connectivity index (χ2v) is 6.15. The summed E-state index contributed by atoms with van der Waals surface area (Å²) in [6, 6.07) is 2.06. The van der Waals surface area contributed by atoms with Gasteiger partial charge in [0, 0.05) is 6.54 Å². The highest BCUT2D eigenvalue weighted by Gasteiger charge is 2.16. The molecule has 0 aliphatic carbocycles. The van der Waals surface area contributed by atoms with Gasteiger partial charge in [0.25, 0.3) is 0 Å². The number of aromatic nitrogens is 4. The minimum absolute atomic E-state index is 0.181. The summed E-state index contributed by atoms with van der Waals surface area (Å²) in [5.74, 6) is 1.02. The molecule has 8 nitrogen and oxygen atoms in total. The van der Waals surface area contributed by atoms with Crippen molar-refractivity contribution in [2.75, 3.05) is 25.0 Å². The van der Waals surface area contributed by atoms with Crippen LogP contribution in [0, 0.1) is 17.2 Å². The molecule has 3 N–H and O–H groups in total. The molecule has 0 bridgehead atoms. The number of allylic oxidation sites excluding steroid dienone is 4. The van der Waals surface area contributed by atoms with Crippen molar-refractivity contribution in [2.45, 2.75) is 13.0 Å². The third-order valence-electron chi connectivity index (χ3n) is 4.47. The van der Waals surface area contributed by atoms with E-state index in [-0.39, 0.29) is 12.2 Å². The fourth-order valence-corrected chi connectivity index (χ4v) is 2.98. The summed E-state index contributed by atoms with van der Waals surface area (Å²) in [5, 5.41) is 15.7. The first-order valence-corrected chi connectivity index (χ1v) is 8.44. The first kappa shape index (κ1) is 17.6. The van der Waals surface area contributed by atoms with Crippen LogP contribution in [0.4, 0.5) is 5.95 Å². The first-order valence-electron chi connectivity index (χ1n) is 8.44. The summed E-state index contributed by atoms with van der Waals surface area (Å²) in [6.07, 6.45) is 5.72. The molecule has 1 fully saturated rings. The van der Waals surface area contributed by atoms with Crippen LogP contribution in [-0.2, 0) is 6.54 Å². The van der Waals surface area contributed by atoms with Gasteiger partial charge in [-0.05, 0) is 31.0 Å². The topological polar surface area (TPSA) is 111 Å². The number of imidazole rings is 1. The highest BCUT2D eigenvalue weighted by molar-refractivity contribution is 5.71. The number of aromatic amines is 1. The molecule has 26 heavy (non-hydrogen) atoms. The van der Waals surface area contributed by atoms with E-state index in [9.17, 15) is 10.1 Å². The Morgan fingerprint density at radius 2 is 2.35 bits per heavy atom. The number of nitriles is 1. The van der Waals surface area contributed by atoms with E-state index in [1.165, 1.54) is 10.6 Å². The maximum atomic E-state index is 12.3. The summed E-state index contributed by atoms with van der Waals surface area (Å²) in [6.45, 7) is 10.3. The van der Waals surface area contributed by atoms with Crippen molar-refractivity contribution in [1.82, 2.24) is 24.8 Å². The van der Waals surface area contributed by atoms with Gasteiger partial charge in [-0.15, -0.1) is 0 Å². The van der Waals surface area contributed by atoms with Crippen LogP contribution in [0.3, 0.4) is 0 Å². The standard InChI is InChI=1S/C18H21N7O/c1-3-13(7-19)14(4-2)11-25-16-15(23-18(25)26)10-22-17(24-16)21-9-12-5-6-20-8-12/h3-4,10,12,20H,1-2,5-6,8-9,11H2,(H,23,26)(H,21,22,24)/b14-13-/t12-/m1/s1. The normalized spacial score (nSPS) is 17.6. The zero-order valence-corrected chi connectivity index (χ0v) is 14.5. The Morgan fingerprint density at radius 3 is 3.00 bits per heavy atom. The molecule has 2 aromatic heterocycles. The highest BCUT2D eigenvalue weighted by Crippen LogP contribution is 2.15. The van der Waals surface area contributed by atoms with Gasteiger partial charge in [0.15, 0.2) is 5.65 Å². The largest absolute Gasteiger partial charge is 0.354 e. The van der Waals surface area contributed by atoms with Crippen LogP contribution < -0.4 is 16.3 Å². The smallest absolute Gasteiger partial charge is 0.328 e. The fraction of sp³-hybridized carbons (Fsp3) is 0.333. The molecule has 0 aromatic carbocycles. The van der Waals surface area contributed by atoms with Gasteiger partial charge >= 0.3 is 5.69 Å². The van der Waals surface area contributed by atoms with Gasteiger partial charge in [0.05, 0.1) is 24.4 Å². The van der Waals surface area contributed by atoms with Gasteiger partial charge in [-0.3, -0.25) is 4.57 Å². The van der Waals surface area contributed by atoms with E-state index in [0.717, 1.165) is 26.1 Å². The average molecular weight is 351 g/mol. The summed E-state index contributed by atoms with van der Waals surface area (Å²) >= 11 is 0. The van der Waals surface area contributed by atoms with E-state index in [4.69, 9.17) is 0 Å². The zero-order chi connectivity index (χ0) is 18.5. The van der Waals surface area contributed by atoms with Crippen molar-refractivity contribution in [3.63, 3.8) is 0 Å². The summed E-state index contributed by atoms with van der Waals surface area (Å²) in [7, 11) is 0. The van der Waals surface area contributed by atoms with Crippen LogP contribution in [0.2, 0.25) is 0 Å². The third kappa shape index (κ3) is 3.58. The Morgan fingerprint density at radius 1 is 1.50 bits per heavy atom. The van der Waals surface area contributed by atoms with Gasteiger partial charge in [-0.1, -0.05) is 25.3 Å². The molecule has 3 rings (SSSR count). The number of hydrogen-bond donors (Lipinski definition) is 3. The molecule has 3 heterocycles. The van der Waals surface area contributed by atoms with E-state index in [1.54, 1.807) is 12.3 Å². The molecule has 134 valence electrons. The van der Waals surface area contributed by atoms with Crippen LogP contribution in [0.5, 0.6) is 0 Å². The molecule has 0 saturated carbocycles. The molecule has 0 unspecified atom stereocenters. The average Bonchev–Trinajstić information content (AvgIpc) is 3.27. The second kappa shape index (κ2) is 7.80.